The van der Waals surface area contributed by atoms with Gasteiger partial charge in [-0.2, -0.15) is 0 Å². The van der Waals surface area contributed by atoms with E-state index in [1.165, 1.54) is 12.1 Å². The van der Waals surface area contributed by atoms with Gasteiger partial charge in [-0.05, 0) is 42.9 Å². The Labute approximate surface area is 118 Å². The van der Waals surface area contributed by atoms with Crippen LogP contribution in [0.4, 0.5) is 10.1 Å². The predicted octanol–water partition coefficient (Wildman–Crippen LogP) is 1.98. The van der Waals surface area contributed by atoms with E-state index in [2.05, 4.69) is 10.6 Å². The summed E-state index contributed by atoms with van der Waals surface area (Å²) in [7, 11) is 1.73. The molecule has 0 aliphatic rings. The Bertz CT molecular complexity index is 436. The molecule has 0 aliphatic heterocycles. The van der Waals surface area contributed by atoms with E-state index in [4.69, 9.17) is 12.2 Å². The Morgan fingerprint density at radius 3 is 2.58 bits per heavy atom. The number of likely N-dealkylation sites (N-methyl/N-ethyl adjacent to an activating group) is 1. The number of anilines is 1. The molecule has 0 fully saturated rings. The van der Waals surface area contributed by atoms with Gasteiger partial charge in [-0.3, -0.25) is 4.79 Å². The van der Waals surface area contributed by atoms with Crippen molar-refractivity contribution in [2.24, 2.45) is 0 Å². The molecule has 4 nitrogen and oxygen atoms in total. The van der Waals surface area contributed by atoms with Crippen molar-refractivity contribution in [1.29, 1.82) is 0 Å². The van der Waals surface area contributed by atoms with Gasteiger partial charge >= 0.3 is 0 Å². The van der Waals surface area contributed by atoms with Crippen molar-refractivity contribution in [3.8, 4) is 0 Å². The largest absolute Gasteiger partial charge is 0.355 e. The van der Waals surface area contributed by atoms with Gasteiger partial charge in [-0.25, -0.2) is 4.39 Å². The number of nitrogens with one attached hydrogen (secondary N) is 2. The predicted molar refractivity (Wildman–Crippen MR) is 78.6 cm³/mol. The molecule has 0 atom stereocenters. The fraction of sp³-hybridized carbons (Fsp3) is 0.385. The third-order valence-electron chi connectivity index (χ3n) is 2.40. The van der Waals surface area contributed by atoms with Crippen LogP contribution in [0.25, 0.3) is 0 Å². The van der Waals surface area contributed by atoms with Gasteiger partial charge < -0.3 is 15.5 Å². The number of rotatable bonds is 5. The number of hydrogen-bond donors (Lipinski definition) is 2. The van der Waals surface area contributed by atoms with Crippen LogP contribution < -0.4 is 10.6 Å². The van der Waals surface area contributed by atoms with E-state index in [1.54, 1.807) is 24.1 Å². The lowest BCUT2D eigenvalue weighted by Gasteiger charge is -2.20. The van der Waals surface area contributed by atoms with Crippen molar-refractivity contribution in [2.45, 2.75) is 13.3 Å². The molecule has 0 saturated heterocycles. The van der Waals surface area contributed by atoms with Crippen LogP contribution in [0.15, 0.2) is 24.3 Å². The average Bonchev–Trinajstić information content (AvgIpc) is 2.39. The second-order valence-electron chi connectivity index (χ2n) is 4.14. The van der Waals surface area contributed by atoms with Crippen LogP contribution in [-0.4, -0.2) is 36.1 Å². The van der Waals surface area contributed by atoms with Crippen molar-refractivity contribution < 1.29 is 9.18 Å². The fourth-order valence-electron chi connectivity index (χ4n) is 1.36. The lowest BCUT2D eigenvalue weighted by molar-refractivity contribution is -0.121. The summed E-state index contributed by atoms with van der Waals surface area (Å²) in [5, 5.41) is 6.13. The minimum absolute atomic E-state index is 0.0763. The van der Waals surface area contributed by atoms with Gasteiger partial charge in [0, 0.05) is 19.3 Å². The number of thiocarbonyl (C=S) groups is 1. The second kappa shape index (κ2) is 7.68. The average molecular weight is 283 g/mol. The molecule has 0 aromatic heterocycles. The molecule has 19 heavy (non-hydrogen) atoms. The number of halogens is 1. The first-order valence-electron chi connectivity index (χ1n) is 6.07. The number of hydrogen-bond acceptors (Lipinski definition) is 2. The molecular formula is C13H18FN3OS. The van der Waals surface area contributed by atoms with Crippen LogP contribution in [0, 0.1) is 5.82 Å². The highest BCUT2D eigenvalue weighted by atomic mass is 32.1. The van der Waals surface area contributed by atoms with Crippen LogP contribution in [0.1, 0.15) is 13.3 Å². The molecule has 1 aromatic carbocycles. The zero-order chi connectivity index (χ0) is 14.3. The summed E-state index contributed by atoms with van der Waals surface area (Å²) in [5.74, 6) is -0.378. The number of carbonyl (C=O) groups excluding carboxylic acids is 1. The topological polar surface area (TPSA) is 44.4 Å². The first-order valence-corrected chi connectivity index (χ1v) is 6.48. The summed E-state index contributed by atoms with van der Waals surface area (Å²) in [4.78, 5) is 13.2. The van der Waals surface area contributed by atoms with E-state index >= 15 is 0 Å². The van der Waals surface area contributed by atoms with Gasteiger partial charge in [0.2, 0.25) is 5.91 Å². The first kappa shape index (κ1) is 15.4. The standard InChI is InChI=1S/C13H18FN3OS/c1-3-8-15-12(18)9-17(2)13(19)16-11-6-4-10(14)5-7-11/h4-7H,3,8-9H2,1-2H3,(H,15,18)(H,16,19). The van der Waals surface area contributed by atoms with Gasteiger partial charge in [0.1, 0.15) is 5.82 Å². The smallest absolute Gasteiger partial charge is 0.239 e. The quantitative estimate of drug-likeness (QED) is 0.811. The van der Waals surface area contributed by atoms with Crippen LogP contribution in [-0.2, 0) is 4.79 Å². The highest BCUT2D eigenvalue weighted by Crippen LogP contribution is 2.08. The maximum absolute atomic E-state index is 12.7. The Morgan fingerprint density at radius 2 is 2.00 bits per heavy atom. The van der Waals surface area contributed by atoms with Gasteiger partial charge in [-0.15, -0.1) is 0 Å². The van der Waals surface area contributed by atoms with Gasteiger partial charge in [-0.1, -0.05) is 6.92 Å². The molecule has 1 amide bonds. The normalized spacial score (nSPS) is 9.84. The third-order valence-corrected chi connectivity index (χ3v) is 2.81. The summed E-state index contributed by atoms with van der Waals surface area (Å²) in [6.07, 6.45) is 0.897. The van der Waals surface area contributed by atoms with Gasteiger partial charge in [0.25, 0.3) is 0 Å². The second-order valence-corrected chi connectivity index (χ2v) is 4.53. The summed E-state index contributed by atoms with van der Waals surface area (Å²) >= 11 is 5.16. The van der Waals surface area contributed by atoms with Crippen molar-refractivity contribution in [3.05, 3.63) is 30.1 Å². The first-order chi connectivity index (χ1) is 9.02. The molecule has 104 valence electrons. The molecule has 1 aromatic rings. The zero-order valence-electron chi connectivity index (χ0n) is 11.1. The third kappa shape index (κ3) is 5.65. The summed E-state index contributed by atoms with van der Waals surface area (Å²) < 4.78 is 12.7. The van der Waals surface area contributed by atoms with Crippen LogP contribution in [0.3, 0.4) is 0 Å². The lowest BCUT2D eigenvalue weighted by atomic mass is 10.3. The molecule has 0 saturated carbocycles. The molecular weight excluding hydrogens is 265 g/mol. The molecule has 2 N–H and O–H groups in total. The summed E-state index contributed by atoms with van der Waals surface area (Å²) in [6.45, 7) is 2.84. The minimum Gasteiger partial charge on any atom is -0.355 e. The van der Waals surface area contributed by atoms with Gasteiger partial charge in [0.15, 0.2) is 5.11 Å². The Balaban J connectivity index is 2.44. The Kier molecular flexibility index (Phi) is 6.21. The van der Waals surface area contributed by atoms with Crippen LogP contribution >= 0.6 is 12.2 Å². The number of nitrogens with zero attached hydrogens (tertiary/aromatic N) is 1. The monoisotopic (exact) mass is 283 g/mol. The minimum atomic E-state index is -0.302. The molecule has 0 spiro atoms. The van der Waals surface area contributed by atoms with E-state index in [9.17, 15) is 9.18 Å². The molecule has 1 rings (SSSR count). The summed E-state index contributed by atoms with van der Waals surface area (Å²) in [5.41, 5.74) is 0.687. The molecule has 0 radical (unpaired) electrons. The van der Waals surface area contributed by atoms with E-state index in [-0.39, 0.29) is 18.3 Å². The zero-order valence-corrected chi connectivity index (χ0v) is 11.9. The van der Waals surface area contributed by atoms with Crippen molar-refractivity contribution in [1.82, 2.24) is 10.2 Å². The Hall–Kier alpha value is -1.69. The van der Waals surface area contributed by atoms with Crippen LogP contribution in [0.2, 0.25) is 0 Å². The highest BCUT2D eigenvalue weighted by Gasteiger charge is 2.09. The molecule has 0 bridgehead atoms. The Morgan fingerprint density at radius 1 is 1.37 bits per heavy atom. The molecule has 0 heterocycles. The number of benzene rings is 1. The number of amides is 1. The van der Waals surface area contributed by atoms with Crippen molar-refractivity contribution in [2.75, 3.05) is 25.5 Å². The van der Waals surface area contributed by atoms with Crippen LogP contribution in [0.5, 0.6) is 0 Å². The van der Waals surface area contributed by atoms with Crippen molar-refractivity contribution >= 4 is 28.9 Å². The highest BCUT2D eigenvalue weighted by molar-refractivity contribution is 7.80. The molecule has 0 unspecified atom stereocenters. The maximum Gasteiger partial charge on any atom is 0.239 e. The fourth-order valence-corrected chi connectivity index (χ4v) is 1.54. The summed E-state index contributed by atoms with van der Waals surface area (Å²) in [6, 6.07) is 5.87. The van der Waals surface area contributed by atoms with E-state index in [0.717, 1.165) is 6.42 Å². The molecule has 6 heteroatoms. The van der Waals surface area contributed by atoms with Crippen molar-refractivity contribution in [3.63, 3.8) is 0 Å². The SMILES string of the molecule is CCCNC(=O)CN(C)C(=S)Nc1ccc(F)cc1. The maximum atomic E-state index is 12.7. The van der Waals surface area contributed by atoms with Gasteiger partial charge in [0.05, 0.1) is 6.54 Å². The lowest BCUT2D eigenvalue weighted by Crippen LogP contribution is -2.40. The van der Waals surface area contributed by atoms with E-state index in [0.29, 0.717) is 17.3 Å². The molecule has 0 aliphatic carbocycles. The number of carbonyl (C=O) groups is 1. The van der Waals surface area contributed by atoms with E-state index in [1.807, 2.05) is 6.92 Å². The van der Waals surface area contributed by atoms with E-state index < -0.39 is 0 Å².